The lowest BCUT2D eigenvalue weighted by atomic mass is 10.1. The van der Waals surface area contributed by atoms with Gasteiger partial charge in [0.1, 0.15) is 11.4 Å². The van der Waals surface area contributed by atoms with Crippen molar-refractivity contribution < 1.29 is 14.1 Å². The number of nitrogens with zero attached hydrogens (tertiary/aromatic N) is 1. The van der Waals surface area contributed by atoms with E-state index >= 15 is 0 Å². The molecule has 0 saturated carbocycles. The standard InChI is InChI=1S/C12H14BrFN2O3/c1-8(3-2-6-13)15-12(17)10-5-4-9(14)7-11(10)16(18)19/h4-5,7-8H,2-3,6H2,1H3,(H,15,17). The van der Waals surface area contributed by atoms with Crippen molar-refractivity contribution >= 4 is 27.5 Å². The van der Waals surface area contributed by atoms with E-state index in [2.05, 4.69) is 21.2 Å². The van der Waals surface area contributed by atoms with Crippen LogP contribution in [0.4, 0.5) is 10.1 Å². The lowest BCUT2D eigenvalue weighted by Gasteiger charge is -2.13. The van der Waals surface area contributed by atoms with Gasteiger partial charge in [0, 0.05) is 11.4 Å². The lowest BCUT2D eigenvalue weighted by molar-refractivity contribution is -0.385. The molecule has 5 nitrogen and oxygen atoms in total. The summed E-state index contributed by atoms with van der Waals surface area (Å²) in [7, 11) is 0. The molecule has 0 aromatic heterocycles. The lowest BCUT2D eigenvalue weighted by Crippen LogP contribution is -2.33. The number of benzene rings is 1. The van der Waals surface area contributed by atoms with Crippen LogP contribution in [0, 0.1) is 15.9 Å². The second-order valence-electron chi connectivity index (χ2n) is 4.12. The minimum atomic E-state index is -0.763. The predicted octanol–water partition coefficient (Wildman–Crippen LogP) is 3.03. The van der Waals surface area contributed by atoms with Crippen LogP contribution in [-0.2, 0) is 0 Å². The zero-order valence-corrected chi connectivity index (χ0v) is 11.9. The molecule has 1 aromatic carbocycles. The van der Waals surface area contributed by atoms with Crippen LogP contribution in [0.5, 0.6) is 0 Å². The van der Waals surface area contributed by atoms with E-state index in [9.17, 15) is 19.3 Å². The maximum Gasteiger partial charge on any atom is 0.285 e. The number of rotatable bonds is 6. The fourth-order valence-corrected chi connectivity index (χ4v) is 1.93. The summed E-state index contributed by atoms with van der Waals surface area (Å²) in [6.07, 6.45) is 1.64. The highest BCUT2D eigenvalue weighted by Gasteiger charge is 2.21. The Morgan fingerprint density at radius 2 is 2.26 bits per heavy atom. The highest BCUT2D eigenvalue weighted by atomic mass is 79.9. The molecule has 1 aromatic rings. The van der Waals surface area contributed by atoms with Crippen molar-refractivity contribution in [2.75, 3.05) is 5.33 Å². The van der Waals surface area contributed by atoms with Crippen molar-refractivity contribution in [2.45, 2.75) is 25.8 Å². The maximum absolute atomic E-state index is 13.0. The topological polar surface area (TPSA) is 72.2 Å². The summed E-state index contributed by atoms with van der Waals surface area (Å²) < 4.78 is 13.0. The van der Waals surface area contributed by atoms with Crippen LogP contribution in [0.25, 0.3) is 0 Å². The zero-order chi connectivity index (χ0) is 14.4. The molecule has 0 radical (unpaired) electrons. The molecule has 0 aliphatic rings. The number of nitrogens with one attached hydrogen (secondary N) is 1. The Hall–Kier alpha value is -1.50. The number of hydrogen-bond donors (Lipinski definition) is 1. The first-order valence-corrected chi connectivity index (χ1v) is 6.88. The van der Waals surface area contributed by atoms with Gasteiger partial charge in [0.15, 0.2) is 0 Å². The first-order chi connectivity index (χ1) is 8.95. The van der Waals surface area contributed by atoms with Crippen molar-refractivity contribution in [3.05, 3.63) is 39.7 Å². The average molecular weight is 333 g/mol. The molecule has 7 heteroatoms. The van der Waals surface area contributed by atoms with Crippen LogP contribution in [0.15, 0.2) is 18.2 Å². The number of hydrogen-bond acceptors (Lipinski definition) is 3. The van der Waals surface area contributed by atoms with Crippen LogP contribution < -0.4 is 5.32 Å². The fourth-order valence-electron chi connectivity index (χ4n) is 1.60. The van der Waals surface area contributed by atoms with E-state index in [1.807, 2.05) is 6.92 Å². The molecule has 0 saturated heterocycles. The largest absolute Gasteiger partial charge is 0.349 e. The molecular formula is C12H14BrFN2O3. The Morgan fingerprint density at radius 3 is 2.84 bits per heavy atom. The van der Waals surface area contributed by atoms with Crippen LogP contribution in [-0.4, -0.2) is 22.2 Å². The minimum Gasteiger partial charge on any atom is -0.349 e. The summed E-state index contributed by atoms with van der Waals surface area (Å²) in [5.74, 6) is -1.30. The minimum absolute atomic E-state index is 0.102. The van der Waals surface area contributed by atoms with Gasteiger partial charge in [-0.2, -0.15) is 0 Å². The SMILES string of the molecule is CC(CCCBr)NC(=O)c1ccc(F)cc1[N+](=O)[O-]. The maximum atomic E-state index is 13.0. The predicted molar refractivity (Wildman–Crippen MR) is 73.0 cm³/mol. The summed E-state index contributed by atoms with van der Waals surface area (Å²) in [5.41, 5.74) is -0.651. The van der Waals surface area contributed by atoms with Crippen LogP contribution in [0.1, 0.15) is 30.1 Å². The molecule has 19 heavy (non-hydrogen) atoms. The van der Waals surface area contributed by atoms with Crippen molar-refractivity contribution in [3.8, 4) is 0 Å². The Morgan fingerprint density at radius 1 is 1.58 bits per heavy atom. The smallest absolute Gasteiger partial charge is 0.285 e. The Bertz CT molecular complexity index is 482. The van der Waals surface area contributed by atoms with Crippen LogP contribution in [0.3, 0.4) is 0 Å². The molecule has 104 valence electrons. The third kappa shape index (κ3) is 4.59. The highest BCUT2D eigenvalue weighted by molar-refractivity contribution is 9.09. The molecule has 1 N–H and O–H groups in total. The highest BCUT2D eigenvalue weighted by Crippen LogP contribution is 2.19. The quantitative estimate of drug-likeness (QED) is 0.494. The van der Waals surface area contributed by atoms with E-state index in [-0.39, 0.29) is 11.6 Å². The number of carbonyl (C=O) groups excluding carboxylic acids is 1. The molecule has 1 atom stereocenters. The molecule has 0 fully saturated rings. The van der Waals surface area contributed by atoms with E-state index in [4.69, 9.17) is 0 Å². The number of nitro benzene ring substituents is 1. The van der Waals surface area contributed by atoms with E-state index < -0.39 is 22.3 Å². The average Bonchev–Trinajstić information content (AvgIpc) is 2.35. The number of alkyl halides is 1. The molecule has 1 amide bonds. The molecule has 0 aliphatic heterocycles. The Balaban J connectivity index is 2.85. The second-order valence-corrected chi connectivity index (χ2v) is 4.92. The van der Waals surface area contributed by atoms with Gasteiger partial charge in [-0.15, -0.1) is 0 Å². The van der Waals surface area contributed by atoms with Crippen molar-refractivity contribution in [2.24, 2.45) is 0 Å². The first kappa shape index (κ1) is 15.6. The molecule has 1 rings (SSSR count). The zero-order valence-electron chi connectivity index (χ0n) is 10.4. The summed E-state index contributed by atoms with van der Waals surface area (Å²) in [6, 6.07) is 2.80. The summed E-state index contributed by atoms with van der Waals surface area (Å²) in [5, 5.41) is 14.3. The van der Waals surface area contributed by atoms with Gasteiger partial charge in [-0.05, 0) is 31.9 Å². The molecule has 0 aliphatic carbocycles. The van der Waals surface area contributed by atoms with Crippen LogP contribution >= 0.6 is 15.9 Å². The number of carbonyl (C=O) groups is 1. The molecule has 0 spiro atoms. The van der Waals surface area contributed by atoms with Gasteiger partial charge in [0.05, 0.1) is 11.0 Å². The van der Waals surface area contributed by atoms with Crippen molar-refractivity contribution in [3.63, 3.8) is 0 Å². The van der Waals surface area contributed by atoms with Crippen LogP contribution in [0.2, 0.25) is 0 Å². The van der Waals surface area contributed by atoms with E-state index in [0.29, 0.717) is 0 Å². The van der Waals surface area contributed by atoms with Crippen molar-refractivity contribution in [1.29, 1.82) is 0 Å². The Labute approximate surface area is 118 Å². The molecule has 1 unspecified atom stereocenters. The van der Waals surface area contributed by atoms with E-state index in [0.717, 1.165) is 36.4 Å². The number of halogens is 2. The summed E-state index contributed by atoms with van der Waals surface area (Å²) in [6.45, 7) is 1.82. The number of nitro groups is 1. The van der Waals surface area contributed by atoms with Gasteiger partial charge >= 0.3 is 0 Å². The van der Waals surface area contributed by atoms with Gasteiger partial charge in [0.2, 0.25) is 0 Å². The van der Waals surface area contributed by atoms with Gasteiger partial charge in [-0.25, -0.2) is 4.39 Å². The van der Waals surface area contributed by atoms with Gasteiger partial charge in [0.25, 0.3) is 11.6 Å². The van der Waals surface area contributed by atoms with Gasteiger partial charge in [-0.1, -0.05) is 15.9 Å². The van der Waals surface area contributed by atoms with E-state index in [1.54, 1.807) is 0 Å². The normalized spacial score (nSPS) is 11.9. The molecular weight excluding hydrogens is 319 g/mol. The second kappa shape index (κ2) is 7.18. The fraction of sp³-hybridized carbons (Fsp3) is 0.417. The Kier molecular flexibility index (Phi) is 5.88. The first-order valence-electron chi connectivity index (χ1n) is 5.76. The van der Waals surface area contributed by atoms with E-state index in [1.165, 1.54) is 0 Å². The van der Waals surface area contributed by atoms with Gasteiger partial charge < -0.3 is 5.32 Å². The molecule has 0 heterocycles. The summed E-state index contributed by atoms with van der Waals surface area (Å²) in [4.78, 5) is 21.9. The monoisotopic (exact) mass is 332 g/mol. The summed E-state index contributed by atoms with van der Waals surface area (Å²) >= 11 is 3.28. The van der Waals surface area contributed by atoms with Crippen molar-refractivity contribution in [1.82, 2.24) is 5.32 Å². The third-order valence-corrected chi connectivity index (χ3v) is 3.11. The van der Waals surface area contributed by atoms with Gasteiger partial charge in [-0.3, -0.25) is 14.9 Å². The molecule has 0 bridgehead atoms. The number of amides is 1. The third-order valence-electron chi connectivity index (χ3n) is 2.55.